The molecule has 0 saturated heterocycles. The quantitative estimate of drug-likeness (QED) is 0.841. The normalized spacial score (nSPS) is 19.2. The largest absolute Gasteiger partial charge is 0.462 e. The molecule has 25 heavy (non-hydrogen) atoms. The van der Waals surface area contributed by atoms with Crippen LogP contribution in [0.3, 0.4) is 0 Å². The van der Waals surface area contributed by atoms with Gasteiger partial charge in [-0.3, -0.25) is 4.79 Å². The maximum Gasteiger partial charge on any atom is 0.343 e. The van der Waals surface area contributed by atoms with E-state index in [1.807, 2.05) is 0 Å². The maximum absolute atomic E-state index is 15.0. The van der Waals surface area contributed by atoms with Gasteiger partial charge in [-0.25, -0.2) is 13.6 Å². The van der Waals surface area contributed by atoms with Gasteiger partial charge in [-0.05, 0) is 38.2 Å². The van der Waals surface area contributed by atoms with Gasteiger partial charge in [-0.15, -0.1) is 0 Å². The fourth-order valence-corrected chi connectivity index (χ4v) is 3.25. The fraction of sp³-hybridized carbons (Fsp3) is 0.444. The van der Waals surface area contributed by atoms with E-state index < -0.39 is 23.0 Å². The van der Waals surface area contributed by atoms with Crippen molar-refractivity contribution in [2.45, 2.75) is 32.7 Å². The first kappa shape index (κ1) is 17.5. The highest BCUT2D eigenvalue weighted by Crippen LogP contribution is 2.49. The van der Waals surface area contributed by atoms with Crippen LogP contribution in [0.1, 0.15) is 42.1 Å². The molecule has 2 atom stereocenters. The van der Waals surface area contributed by atoms with Crippen molar-refractivity contribution in [2.75, 3.05) is 13.2 Å². The lowest BCUT2D eigenvalue weighted by Gasteiger charge is -2.15. The highest BCUT2D eigenvalue weighted by atomic mass is 19.1. The first-order chi connectivity index (χ1) is 11.9. The van der Waals surface area contributed by atoms with Gasteiger partial charge in [0.05, 0.1) is 17.5 Å². The molecule has 2 aromatic rings. The molecule has 1 aromatic heterocycles. The molecule has 134 valence electrons. The third-order valence-corrected chi connectivity index (χ3v) is 4.65. The molecular weight excluding hydrogens is 332 g/mol. The molecule has 1 aliphatic rings. The number of aryl methyl sites for hydroxylation is 1. The van der Waals surface area contributed by atoms with Crippen LogP contribution >= 0.6 is 0 Å². The van der Waals surface area contributed by atoms with E-state index in [9.17, 15) is 19.1 Å². The Labute approximate surface area is 142 Å². The second-order valence-corrected chi connectivity index (χ2v) is 6.15. The van der Waals surface area contributed by atoms with Gasteiger partial charge < -0.3 is 14.4 Å². The number of hydrogen-bond donors (Lipinski definition) is 1. The van der Waals surface area contributed by atoms with Gasteiger partial charge in [0.2, 0.25) is 5.43 Å². The number of nitrogens with zero attached hydrogens (tertiary/aromatic N) is 1. The Morgan fingerprint density at radius 1 is 1.40 bits per heavy atom. The minimum Gasteiger partial charge on any atom is -0.462 e. The van der Waals surface area contributed by atoms with Crippen molar-refractivity contribution in [1.82, 2.24) is 4.57 Å². The summed E-state index contributed by atoms with van der Waals surface area (Å²) in [5.74, 6) is -3.00. The molecule has 1 fully saturated rings. The average molecular weight is 351 g/mol. The summed E-state index contributed by atoms with van der Waals surface area (Å²) in [5.41, 5.74) is -1.13. The summed E-state index contributed by atoms with van der Waals surface area (Å²) < 4.78 is 35.8. The summed E-state index contributed by atoms with van der Waals surface area (Å²) in [6.45, 7) is 3.59. The summed E-state index contributed by atoms with van der Waals surface area (Å²) in [7, 11) is 0. The Balaban J connectivity index is 2.28. The van der Waals surface area contributed by atoms with Crippen LogP contribution in [-0.2, 0) is 11.3 Å². The van der Waals surface area contributed by atoms with E-state index in [4.69, 9.17) is 4.74 Å². The lowest BCUT2D eigenvalue weighted by molar-refractivity contribution is 0.0524. The first-order valence-corrected chi connectivity index (χ1v) is 8.27. The number of esters is 1. The van der Waals surface area contributed by atoms with E-state index in [2.05, 4.69) is 0 Å². The molecule has 7 heteroatoms. The number of carbonyl (C=O) groups is 1. The zero-order valence-corrected chi connectivity index (χ0v) is 14.0. The Kier molecular flexibility index (Phi) is 4.60. The fourth-order valence-electron chi connectivity index (χ4n) is 3.25. The minimum atomic E-state index is -0.827. The molecule has 0 amide bonds. The van der Waals surface area contributed by atoms with Crippen LogP contribution < -0.4 is 5.43 Å². The van der Waals surface area contributed by atoms with Gasteiger partial charge >= 0.3 is 5.97 Å². The maximum atomic E-state index is 15.0. The van der Waals surface area contributed by atoms with Crippen LogP contribution in [0.2, 0.25) is 0 Å². The Morgan fingerprint density at radius 3 is 2.68 bits per heavy atom. The third-order valence-electron chi connectivity index (χ3n) is 4.65. The van der Waals surface area contributed by atoms with E-state index >= 15 is 4.39 Å². The van der Waals surface area contributed by atoms with Gasteiger partial charge in [0, 0.05) is 24.9 Å². The number of aliphatic hydroxyl groups excluding tert-OH is 1. The summed E-state index contributed by atoms with van der Waals surface area (Å²) in [5, 5.41) is 8.99. The van der Waals surface area contributed by atoms with Gasteiger partial charge in [-0.1, -0.05) is 0 Å². The average Bonchev–Trinajstić information content (AvgIpc) is 3.35. The smallest absolute Gasteiger partial charge is 0.343 e. The predicted molar refractivity (Wildman–Crippen MR) is 87.7 cm³/mol. The van der Waals surface area contributed by atoms with E-state index in [1.165, 1.54) is 10.8 Å². The highest BCUT2D eigenvalue weighted by Gasteiger charge is 2.42. The van der Waals surface area contributed by atoms with Crippen molar-refractivity contribution in [3.63, 3.8) is 0 Å². The number of halogens is 2. The van der Waals surface area contributed by atoms with E-state index in [-0.39, 0.29) is 47.1 Å². The minimum absolute atomic E-state index is 0.0273. The summed E-state index contributed by atoms with van der Waals surface area (Å²) in [6.07, 6.45) is 1.76. The number of ether oxygens (including phenoxy) is 1. The van der Waals surface area contributed by atoms with Crippen molar-refractivity contribution in [1.29, 1.82) is 0 Å². The number of aromatic nitrogens is 1. The molecule has 0 bridgehead atoms. The SMILES string of the molecule is CCOC(=O)c1cn(CC)c2c(F)c(C3CC3CO)c(F)cc2c1=O. The van der Waals surface area contributed by atoms with Gasteiger partial charge in [-0.2, -0.15) is 0 Å². The molecule has 0 radical (unpaired) electrons. The molecule has 5 nitrogen and oxygen atoms in total. The Hall–Kier alpha value is -2.28. The summed E-state index contributed by atoms with van der Waals surface area (Å²) in [4.78, 5) is 24.5. The summed E-state index contributed by atoms with van der Waals surface area (Å²) in [6, 6.07) is 0.984. The molecule has 1 aliphatic carbocycles. The molecule has 1 saturated carbocycles. The zero-order valence-electron chi connectivity index (χ0n) is 14.0. The predicted octanol–water partition coefficient (Wildman–Crippen LogP) is 2.57. The van der Waals surface area contributed by atoms with E-state index in [0.717, 1.165) is 6.07 Å². The van der Waals surface area contributed by atoms with Crippen molar-refractivity contribution < 1.29 is 23.4 Å². The number of rotatable bonds is 5. The Bertz CT molecular complexity index is 906. The van der Waals surface area contributed by atoms with Crippen LogP contribution in [0.5, 0.6) is 0 Å². The molecule has 0 aliphatic heterocycles. The number of pyridine rings is 1. The van der Waals surface area contributed by atoms with Crippen LogP contribution in [0.25, 0.3) is 10.9 Å². The van der Waals surface area contributed by atoms with Gasteiger partial charge in [0.15, 0.2) is 5.82 Å². The van der Waals surface area contributed by atoms with Crippen LogP contribution in [0, 0.1) is 17.6 Å². The van der Waals surface area contributed by atoms with Crippen molar-refractivity contribution >= 4 is 16.9 Å². The molecule has 1 aromatic carbocycles. The Morgan fingerprint density at radius 2 is 2.12 bits per heavy atom. The topological polar surface area (TPSA) is 68.5 Å². The third kappa shape index (κ3) is 2.82. The number of carbonyl (C=O) groups excluding carboxylic acids is 1. The number of hydrogen-bond acceptors (Lipinski definition) is 4. The number of benzene rings is 1. The lowest BCUT2D eigenvalue weighted by Crippen LogP contribution is -2.22. The van der Waals surface area contributed by atoms with Crippen LogP contribution in [0.4, 0.5) is 8.78 Å². The second kappa shape index (κ2) is 6.55. The second-order valence-electron chi connectivity index (χ2n) is 6.15. The molecule has 1 heterocycles. The van der Waals surface area contributed by atoms with Crippen LogP contribution in [-0.4, -0.2) is 28.9 Å². The van der Waals surface area contributed by atoms with Crippen molar-refractivity contribution in [2.24, 2.45) is 5.92 Å². The van der Waals surface area contributed by atoms with Crippen LogP contribution in [0.15, 0.2) is 17.1 Å². The van der Waals surface area contributed by atoms with E-state index in [0.29, 0.717) is 13.0 Å². The zero-order chi connectivity index (χ0) is 18.3. The molecular formula is C18H19F2NO4. The van der Waals surface area contributed by atoms with Gasteiger partial charge in [0.1, 0.15) is 11.4 Å². The monoisotopic (exact) mass is 351 g/mol. The number of fused-ring (bicyclic) bond motifs is 1. The standard InChI is InChI=1S/C18H19F2NO4/c1-3-21-7-12(18(24)25-4-2)17(23)11-6-13(19)14(15(20)16(11)21)10-5-9(10)8-22/h6-7,9-10,22H,3-5,8H2,1-2H3. The molecule has 0 spiro atoms. The number of aliphatic hydroxyl groups is 1. The van der Waals surface area contributed by atoms with Crippen molar-refractivity contribution in [3.05, 3.63) is 45.2 Å². The molecule has 2 unspecified atom stereocenters. The highest BCUT2D eigenvalue weighted by molar-refractivity contribution is 5.94. The van der Waals surface area contributed by atoms with Crippen molar-refractivity contribution in [3.8, 4) is 0 Å². The van der Waals surface area contributed by atoms with Gasteiger partial charge in [0.25, 0.3) is 0 Å². The lowest BCUT2D eigenvalue weighted by atomic mass is 10.0. The first-order valence-electron chi connectivity index (χ1n) is 8.27. The summed E-state index contributed by atoms with van der Waals surface area (Å²) >= 11 is 0. The van der Waals surface area contributed by atoms with E-state index in [1.54, 1.807) is 13.8 Å². The molecule has 3 rings (SSSR count). The molecule has 1 N–H and O–H groups in total.